The fraction of sp³-hybridized carbons (Fsp3) is 0.103. The topological polar surface area (TPSA) is 72.3 Å². The molecule has 0 saturated heterocycles. The second kappa shape index (κ2) is 10.0. The first-order valence-electron chi connectivity index (χ1n) is 11.7. The Kier molecular flexibility index (Phi) is 6.81. The van der Waals surface area contributed by atoms with E-state index < -0.39 is 16.1 Å². The highest BCUT2D eigenvalue weighted by atomic mass is 79.9. The van der Waals surface area contributed by atoms with Crippen molar-refractivity contribution in [1.82, 2.24) is 13.9 Å². The number of hydrogen-bond acceptors (Lipinski definition) is 4. The van der Waals surface area contributed by atoms with Gasteiger partial charge in [0.2, 0.25) is 10.0 Å². The molecule has 0 bridgehead atoms. The van der Waals surface area contributed by atoms with Crippen molar-refractivity contribution in [2.75, 3.05) is 7.05 Å². The first-order chi connectivity index (χ1) is 17.8. The summed E-state index contributed by atoms with van der Waals surface area (Å²) < 4.78 is 30.9. The second-order valence-corrected chi connectivity index (χ2v) is 11.6. The molecule has 1 unspecified atom stereocenters. The van der Waals surface area contributed by atoms with E-state index in [1.165, 1.54) is 15.9 Å². The minimum Gasteiger partial charge on any atom is -0.268 e. The summed E-state index contributed by atoms with van der Waals surface area (Å²) in [4.78, 5) is 18.5. The molecule has 6 nitrogen and oxygen atoms in total. The van der Waals surface area contributed by atoms with Crippen LogP contribution in [0.25, 0.3) is 27.7 Å². The van der Waals surface area contributed by atoms with Gasteiger partial charge in [-0.2, -0.15) is 4.31 Å². The van der Waals surface area contributed by atoms with Crippen LogP contribution in [0.3, 0.4) is 0 Å². The van der Waals surface area contributed by atoms with Crippen LogP contribution in [0.5, 0.6) is 0 Å². The van der Waals surface area contributed by atoms with E-state index in [4.69, 9.17) is 4.98 Å². The van der Waals surface area contributed by atoms with Crippen molar-refractivity contribution in [2.24, 2.45) is 0 Å². The fourth-order valence-corrected chi connectivity index (χ4v) is 5.84. The normalized spacial score (nSPS) is 12.6. The molecule has 0 N–H and O–H groups in total. The molecule has 1 atom stereocenters. The Labute approximate surface area is 224 Å². The smallest absolute Gasteiger partial charge is 0.266 e. The van der Waals surface area contributed by atoms with E-state index in [1.54, 1.807) is 61.5 Å². The van der Waals surface area contributed by atoms with E-state index in [1.807, 2.05) is 48.5 Å². The summed E-state index contributed by atoms with van der Waals surface area (Å²) in [6.07, 6.45) is 0. The lowest BCUT2D eigenvalue weighted by atomic mass is 10.1. The maximum absolute atomic E-state index is 13.6. The Morgan fingerprint density at radius 3 is 2.08 bits per heavy atom. The van der Waals surface area contributed by atoms with Gasteiger partial charge in [0.25, 0.3) is 5.56 Å². The molecular formula is C29H24BrN3O3S. The third kappa shape index (κ3) is 4.75. The van der Waals surface area contributed by atoms with Crippen molar-refractivity contribution in [3.8, 4) is 16.8 Å². The Balaban J connectivity index is 1.58. The van der Waals surface area contributed by atoms with E-state index in [2.05, 4.69) is 15.9 Å². The average Bonchev–Trinajstić information content (AvgIpc) is 2.93. The number of fused-ring (bicyclic) bond motifs is 1. The van der Waals surface area contributed by atoms with Gasteiger partial charge in [0.15, 0.2) is 0 Å². The van der Waals surface area contributed by atoms with Crippen LogP contribution in [-0.4, -0.2) is 29.3 Å². The fourth-order valence-electron chi connectivity index (χ4n) is 4.26. The van der Waals surface area contributed by atoms with Crippen molar-refractivity contribution in [2.45, 2.75) is 17.9 Å². The number of benzene rings is 4. The summed E-state index contributed by atoms with van der Waals surface area (Å²) in [5.41, 5.74) is 2.79. The van der Waals surface area contributed by atoms with Gasteiger partial charge in [-0.05, 0) is 66.6 Å². The molecule has 0 aliphatic heterocycles. The SMILES string of the molecule is CC(c1nc2ccccc2c(=O)n1-c1ccc(Br)cc1)N(C)S(=O)(=O)c1ccc(-c2ccccc2)cc1. The van der Waals surface area contributed by atoms with Gasteiger partial charge in [-0.3, -0.25) is 9.36 Å². The molecule has 0 saturated carbocycles. The molecule has 4 aromatic carbocycles. The molecule has 37 heavy (non-hydrogen) atoms. The number of halogens is 1. The number of hydrogen-bond donors (Lipinski definition) is 0. The molecule has 0 amide bonds. The average molecular weight is 575 g/mol. The lowest BCUT2D eigenvalue weighted by Gasteiger charge is -2.26. The number of rotatable bonds is 6. The largest absolute Gasteiger partial charge is 0.268 e. The lowest BCUT2D eigenvalue weighted by molar-refractivity contribution is 0.379. The van der Waals surface area contributed by atoms with Crippen LogP contribution in [0.4, 0.5) is 0 Å². The van der Waals surface area contributed by atoms with Gasteiger partial charge >= 0.3 is 0 Å². The van der Waals surface area contributed by atoms with Crippen molar-refractivity contribution in [3.05, 3.63) is 124 Å². The molecule has 0 spiro atoms. The Bertz CT molecular complexity index is 1730. The van der Waals surface area contributed by atoms with E-state index in [9.17, 15) is 13.2 Å². The maximum Gasteiger partial charge on any atom is 0.266 e. The van der Waals surface area contributed by atoms with Gasteiger partial charge < -0.3 is 0 Å². The zero-order valence-corrected chi connectivity index (χ0v) is 22.6. The standard InChI is InChI=1S/C29H24BrN3O3S/c1-20(32(2)37(35,36)25-18-12-22(13-19-25)21-8-4-3-5-9-21)28-31-27-11-7-6-10-26(27)29(34)33(28)24-16-14-23(30)15-17-24/h3-20H,1-2H3. The molecule has 1 aromatic heterocycles. The summed E-state index contributed by atoms with van der Waals surface area (Å²) >= 11 is 3.43. The van der Waals surface area contributed by atoms with Crippen molar-refractivity contribution >= 4 is 36.9 Å². The van der Waals surface area contributed by atoms with Crippen molar-refractivity contribution in [1.29, 1.82) is 0 Å². The minimum absolute atomic E-state index is 0.167. The van der Waals surface area contributed by atoms with Crippen LogP contribution in [0.15, 0.2) is 117 Å². The third-order valence-corrected chi connectivity index (χ3v) is 8.92. The maximum atomic E-state index is 13.6. The lowest BCUT2D eigenvalue weighted by Crippen LogP contribution is -2.34. The number of sulfonamides is 1. The zero-order chi connectivity index (χ0) is 26.2. The third-order valence-electron chi connectivity index (χ3n) is 6.44. The first kappa shape index (κ1) is 25.1. The molecule has 5 aromatic rings. The Morgan fingerprint density at radius 2 is 1.41 bits per heavy atom. The molecule has 0 aliphatic rings. The summed E-state index contributed by atoms with van der Waals surface area (Å²) in [7, 11) is -2.37. The van der Waals surface area contributed by atoms with E-state index in [0.717, 1.165) is 15.6 Å². The molecule has 8 heteroatoms. The molecule has 1 heterocycles. The number of aromatic nitrogens is 2. The van der Waals surface area contributed by atoms with Crippen LogP contribution >= 0.6 is 15.9 Å². The van der Waals surface area contributed by atoms with Gasteiger partial charge in [-0.25, -0.2) is 13.4 Å². The van der Waals surface area contributed by atoms with E-state index in [0.29, 0.717) is 22.4 Å². The highest BCUT2D eigenvalue weighted by Crippen LogP contribution is 2.28. The first-order valence-corrected chi connectivity index (χ1v) is 13.9. The van der Waals surface area contributed by atoms with Crippen LogP contribution in [-0.2, 0) is 10.0 Å². The summed E-state index contributed by atoms with van der Waals surface area (Å²) in [5.74, 6) is 0.331. The quantitative estimate of drug-likeness (QED) is 0.242. The molecule has 0 aliphatic carbocycles. The number of para-hydroxylation sites is 1. The minimum atomic E-state index is -3.89. The van der Waals surface area contributed by atoms with Crippen LogP contribution in [0.2, 0.25) is 0 Å². The van der Waals surface area contributed by atoms with Gasteiger partial charge in [0.1, 0.15) is 5.82 Å². The monoisotopic (exact) mass is 573 g/mol. The summed E-state index contributed by atoms with van der Waals surface area (Å²) in [6.45, 7) is 1.74. The highest BCUT2D eigenvalue weighted by Gasteiger charge is 2.30. The van der Waals surface area contributed by atoms with Gasteiger partial charge in [0.05, 0.1) is 27.5 Å². The highest BCUT2D eigenvalue weighted by molar-refractivity contribution is 9.10. The Hall–Kier alpha value is -3.59. The van der Waals surface area contributed by atoms with Crippen LogP contribution in [0, 0.1) is 0 Å². The van der Waals surface area contributed by atoms with Gasteiger partial charge in [-0.15, -0.1) is 0 Å². The van der Waals surface area contributed by atoms with E-state index in [-0.39, 0.29) is 10.5 Å². The van der Waals surface area contributed by atoms with Crippen molar-refractivity contribution < 1.29 is 8.42 Å². The van der Waals surface area contributed by atoms with E-state index >= 15 is 0 Å². The van der Waals surface area contributed by atoms with Crippen LogP contribution < -0.4 is 5.56 Å². The predicted molar refractivity (Wildman–Crippen MR) is 150 cm³/mol. The predicted octanol–water partition coefficient (Wildman–Crippen LogP) is 6.20. The summed E-state index contributed by atoms with van der Waals surface area (Å²) in [5, 5.41) is 0.461. The molecule has 0 radical (unpaired) electrons. The molecule has 186 valence electrons. The summed E-state index contributed by atoms with van der Waals surface area (Å²) in [6, 6.07) is 30.2. The zero-order valence-electron chi connectivity index (χ0n) is 20.2. The molecular weight excluding hydrogens is 550 g/mol. The second-order valence-electron chi connectivity index (χ2n) is 8.69. The van der Waals surface area contributed by atoms with Gasteiger partial charge in [0, 0.05) is 11.5 Å². The number of nitrogens with zero attached hydrogens (tertiary/aromatic N) is 3. The van der Waals surface area contributed by atoms with Crippen LogP contribution in [0.1, 0.15) is 18.8 Å². The van der Waals surface area contributed by atoms with Gasteiger partial charge in [-0.1, -0.05) is 70.5 Å². The van der Waals surface area contributed by atoms with Crippen molar-refractivity contribution in [3.63, 3.8) is 0 Å². The molecule has 0 fully saturated rings. The molecule has 5 rings (SSSR count). The Morgan fingerprint density at radius 1 is 0.811 bits per heavy atom.